The molecule has 23 heavy (non-hydrogen) atoms. The van der Waals surface area contributed by atoms with E-state index in [1.54, 1.807) is 13.8 Å². The number of hydrogen-bond acceptors (Lipinski definition) is 4. The van der Waals surface area contributed by atoms with Crippen molar-refractivity contribution >= 4 is 17.9 Å². The number of benzene rings is 1. The lowest BCUT2D eigenvalue weighted by atomic mass is 10.0. The number of nitrogens with two attached hydrogens (primary N) is 1. The van der Waals surface area contributed by atoms with Gasteiger partial charge in [0.1, 0.15) is 18.7 Å². The molecule has 0 aromatic heterocycles. The Morgan fingerprint density at radius 3 is 2.22 bits per heavy atom. The number of primary amides is 1. The van der Waals surface area contributed by atoms with Crippen molar-refractivity contribution in [1.29, 1.82) is 0 Å². The topological polar surface area (TPSA) is 111 Å². The summed E-state index contributed by atoms with van der Waals surface area (Å²) in [6.45, 7) is 5.14. The maximum atomic E-state index is 12.0. The summed E-state index contributed by atoms with van der Waals surface area (Å²) in [5.74, 6) is -1.26. The summed E-state index contributed by atoms with van der Waals surface area (Å²) >= 11 is 0. The molecule has 0 fully saturated rings. The summed E-state index contributed by atoms with van der Waals surface area (Å²) < 4.78 is 5.03. The van der Waals surface area contributed by atoms with Gasteiger partial charge in [-0.15, -0.1) is 0 Å². The minimum Gasteiger partial charge on any atom is -0.445 e. The van der Waals surface area contributed by atoms with E-state index in [1.807, 2.05) is 30.3 Å². The van der Waals surface area contributed by atoms with E-state index in [1.165, 1.54) is 6.92 Å². The van der Waals surface area contributed by atoms with Crippen molar-refractivity contribution in [1.82, 2.24) is 10.6 Å². The minimum atomic E-state index is -0.848. The molecule has 1 aromatic carbocycles. The highest BCUT2D eigenvalue weighted by Gasteiger charge is 2.25. The van der Waals surface area contributed by atoms with E-state index in [0.717, 1.165) is 5.56 Å². The quantitative estimate of drug-likeness (QED) is 0.693. The summed E-state index contributed by atoms with van der Waals surface area (Å²) in [4.78, 5) is 34.9. The average molecular weight is 321 g/mol. The van der Waals surface area contributed by atoms with Crippen molar-refractivity contribution in [2.75, 3.05) is 0 Å². The second-order valence-electron chi connectivity index (χ2n) is 5.56. The van der Waals surface area contributed by atoms with Crippen LogP contribution in [0, 0.1) is 5.92 Å². The first-order valence-electron chi connectivity index (χ1n) is 7.38. The number of alkyl carbamates (subject to hydrolysis) is 1. The Labute approximate surface area is 135 Å². The van der Waals surface area contributed by atoms with Gasteiger partial charge in [0.15, 0.2) is 0 Å². The maximum Gasteiger partial charge on any atom is 0.408 e. The molecule has 3 amide bonds. The Kier molecular flexibility index (Phi) is 7.05. The van der Waals surface area contributed by atoms with E-state index in [0.29, 0.717) is 0 Å². The lowest BCUT2D eigenvalue weighted by Crippen LogP contribution is -2.53. The third-order valence-electron chi connectivity index (χ3n) is 3.21. The molecule has 0 spiro atoms. The largest absolute Gasteiger partial charge is 0.445 e. The van der Waals surface area contributed by atoms with Crippen LogP contribution in [0.25, 0.3) is 0 Å². The number of amides is 3. The predicted molar refractivity (Wildman–Crippen MR) is 85.2 cm³/mol. The van der Waals surface area contributed by atoms with Crippen LogP contribution in [0.3, 0.4) is 0 Å². The molecule has 4 N–H and O–H groups in total. The van der Waals surface area contributed by atoms with Crippen molar-refractivity contribution < 1.29 is 19.1 Å². The van der Waals surface area contributed by atoms with Gasteiger partial charge in [-0.2, -0.15) is 0 Å². The summed E-state index contributed by atoms with van der Waals surface area (Å²) in [7, 11) is 0. The van der Waals surface area contributed by atoms with Crippen molar-refractivity contribution in [3.63, 3.8) is 0 Å². The number of hydrogen-bond donors (Lipinski definition) is 3. The Balaban J connectivity index is 2.44. The third kappa shape index (κ3) is 6.37. The van der Waals surface area contributed by atoms with Gasteiger partial charge in [0.05, 0.1) is 0 Å². The van der Waals surface area contributed by atoms with E-state index < -0.39 is 30.0 Å². The molecular formula is C16H23N3O4. The van der Waals surface area contributed by atoms with Gasteiger partial charge < -0.3 is 21.1 Å². The van der Waals surface area contributed by atoms with E-state index >= 15 is 0 Å². The highest BCUT2D eigenvalue weighted by molar-refractivity contribution is 5.90. The molecule has 0 aliphatic carbocycles. The van der Waals surface area contributed by atoms with Crippen LogP contribution in [0.15, 0.2) is 30.3 Å². The lowest BCUT2D eigenvalue weighted by molar-refractivity contribution is -0.129. The summed E-state index contributed by atoms with van der Waals surface area (Å²) in [5.41, 5.74) is 6.07. The molecular weight excluding hydrogens is 298 g/mol. The summed E-state index contributed by atoms with van der Waals surface area (Å²) in [6.07, 6.45) is -0.711. The van der Waals surface area contributed by atoms with Crippen molar-refractivity contribution in [3.05, 3.63) is 35.9 Å². The molecule has 0 saturated carbocycles. The molecule has 0 aliphatic rings. The van der Waals surface area contributed by atoms with Crippen LogP contribution in [0.2, 0.25) is 0 Å². The summed E-state index contributed by atoms with van der Waals surface area (Å²) in [5, 5.41) is 4.92. The lowest BCUT2D eigenvalue weighted by Gasteiger charge is -2.21. The molecule has 0 heterocycles. The Hall–Kier alpha value is -2.57. The predicted octanol–water partition coefficient (Wildman–Crippen LogP) is 0.927. The molecule has 126 valence electrons. The van der Waals surface area contributed by atoms with Crippen LogP contribution in [-0.4, -0.2) is 30.0 Å². The van der Waals surface area contributed by atoms with Crippen LogP contribution in [-0.2, 0) is 20.9 Å². The fraction of sp³-hybridized carbons (Fsp3) is 0.438. The van der Waals surface area contributed by atoms with Crippen LogP contribution in [0.5, 0.6) is 0 Å². The van der Waals surface area contributed by atoms with E-state index in [-0.39, 0.29) is 12.5 Å². The van der Waals surface area contributed by atoms with Gasteiger partial charge >= 0.3 is 6.09 Å². The number of carbonyl (C=O) groups excluding carboxylic acids is 3. The monoisotopic (exact) mass is 321 g/mol. The van der Waals surface area contributed by atoms with Gasteiger partial charge in [0, 0.05) is 0 Å². The van der Waals surface area contributed by atoms with Gasteiger partial charge in [-0.3, -0.25) is 9.59 Å². The normalized spacial score (nSPS) is 13.0. The average Bonchev–Trinajstić information content (AvgIpc) is 2.50. The van der Waals surface area contributed by atoms with Gasteiger partial charge in [-0.05, 0) is 18.4 Å². The second-order valence-corrected chi connectivity index (χ2v) is 5.56. The number of ether oxygens (including phenoxy) is 1. The van der Waals surface area contributed by atoms with Gasteiger partial charge in [-0.25, -0.2) is 4.79 Å². The van der Waals surface area contributed by atoms with Crippen molar-refractivity contribution in [2.24, 2.45) is 11.7 Å². The fourth-order valence-corrected chi connectivity index (χ4v) is 1.85. The SMILES string of the molecule is CC(C)[C@@H](NC(=O)[C@H](C)NC(=O)OCc1ccccc1)C(N)=O. The molecule has 0 saturated heterocycles. The van der Waals surface area contributed by atoms with Crippen LogP contribution in [0.1, 0.15) is 26.3 Å². The van der Waals surface area contributed by atoms with Crippen molar-refractivity contribution in [2.45, 2.75) is 39.5 Å². The zero-order valence-electron chi connectivity index (χ0n) is 13.5. The number of carbonyl (C=O) groups is 3. The highest BCUT2D eigenvalue weighted by atomic mass is 16.5. The molecule has 7 heteroatoms. The molecule has 1 aromatic rings. The van der Waals surface area contributed by atoms with E-state index in [4.69, 9.17) is 10.5 Å². The number of nitrogens with one attached hydrogen (secondary N) is 2. The first-order valence-corrected chi connectivity index (χ1v) is 7.38. The molecule has 0 aliphatic heterocycles. The van der Waals surface area contributed by atoms with Gasteiger partial charge in [0.25, 0.3) is 0 Å². The first-order chi connectivity index (χ1) is 10.8. The van der Waals surface area contributed by atoms with Crippen molar-refractivity contribution in [3.8, 4) is 0 Å². The zero-order chi connectivity index (χ0) is 17.4. The van der Waals surface area contributed by atoms with E-state index in [2.05, 4.69) is 10.6 Å². The molecule has 0 bridgehead atoms. The smallest absolute Gasteiger partial charge is 0.408 e. The van der Waals surface area contributed by atoms with E-state index in [9.17, 15) is 14.4 Å². The first kappa shape index (κ1) is 18.5. The summed E-state index contributed by atoms with van der Waals surface area (Å²) in [6, 6.07) is 7.55. The standard InChI is InChI=1S/C16H23N3O4/c1-10(2)13(14(17)20)19-15(21)11(3)18-16(22)23-9-12-7-5-4-6-8-12/h4-8,10-11,13H,9H2,1-3H3,(H2,17,20)(H,18,22)(H,19,21)/t11-,13+/m0/s1. The maximum absolute atomic E-state index is 12.0. The second kappa shape index (κ2) is 8.77. The Morgan fingerprint density at radius 1 is 1.09 bits per heavy atom. The molecule has 7 nitrogen and oxygen atoms in total. The van der Waals surface area contributed by atoms with Crippen LogP contribution < -0.4 is 16.4 Å². The van der Waals surface area contributed by atoms with Crippen LogP contribution in [0.4, 0.5) is 4.79 Å². The molecule has 0 unspecified atom stereocenters. The Morgan fingerprint density at radius 2 is 1.70 bits per heavy atom. The fourth-order valence-electron chi connectivity index (χ4n) is 1.85. The molecule has 1 rings (SSSR count). The third-order valence-corrected chi connectivity index (χ3v) is 3.21. The van der Waals surface area contributed by atoms with Gasteiger partial charge in [-0.1, -0.05) is 44.2 Å². The van der Waals surface area contributed by atoms with Gasteiger partial charge in [0.2, 0.25) is 11.8 Å². The highest BCUT2D eigenvalue weighted by Crippen LogP contribution is 2.02. The zero-order valence-corrected chi connectivity index (χ0v) is 13.5. The minimum absolute atomic E-state index is 0.108. The molecule has 2 atom stereocenters. The molecule has 0 radical (unpaired) electrons. The van der Waals surface area contributed by atoms with Crippen LogP contribution >= 0.6 is 0 Å². The number of rotatable bonds is 7. The Bertz CT molecular complexity index is 546.